The van der Waals surface area contributed by atoms with E-state index in [0.29, 0.717) is 17.6 Å². The molecular formula is C63H40N6. The molecule has 0 bridgehead atoms. The molecular weight excluding hydrogens is 841 g/mol. The fraction of sp³-hybridized carbons (Fsp3) is 0. The van der Waals surface area contributed by atoms with E-state index in [4.69, 9.17) is 15.0 Å². The first kappa shape index (κ1) is 38.8. The molecule has 4 aromatic heterocycles. The highest BCUT2D eigenvalue weighted by atomic mass is 15.2. The Bertz CT molecular complexity index is 4230. The Kier molecular flexibility index (Phi) is 8.79. The molecule has 10 aromatic carbocycles. The first-order chi connectivity index (χ1) is 34.2. The smallest absolute Gasteiger partial charge is 0.238 e. The van der Waals surface area contributed by atoms with Crippen molar-refractivity contribution in [2.75, 3.05) is 0 Å². The highest BCUT2D eigenvalue weighted by molar-refractivity contribution is 6.29. The number of rotatable bonds is 7. The van der Waals surface area contributed by atoms with E-state index < -0.39 is 0 Å². The predicted molar refractivity (Wildman–Crippen MR) is 285 cm³/mol. The maximum atomic E-state index is 5.54. The molecule has 6 heteroatoms. The van der Waals surface area contributed by atoms with Gasteiger partial charge in [0, 0.05) is 49.1 Å². The van der Waals surface area contributed by atoms with E-state index in [9.17, 15) is 0 Å². The molecule has 0 aliphatic rings. The van der Waals surface area contributed by atoms with E-state index in [0.717, 1.165) is 99.4 Å². The lowest BCUT2D eigenvalue weighted by Crippen LogP contribution is -2.07. The van der Waals surface area contributed by atoms with Crippen LogP contribution < -0.4 is 0 Å². The van der Waals surface area contributed by atoms with Crippen molar-refractivity contribution in [2.24, 2.45) is 0 Å². The molecule has 4 heterocycles. The maximum Gasteiger partial charge on any atom is 0.238 e. The van der Waals surface area contributed by atoms with Gasteiger partial charge in [-0.2, -0.15) is 9.97 Å². The normalized spacial score (nSPS) is 11.8. The van der Waals surface area contributed by atoms with Crippen LogP contribution in [0.4, 0.5) is 0 Å². The fourth-order valence-corrected chi connectivity index (χ4v) is 10.6. The molecule has 0 saturated heterocycles. The molecule has 14 rings (SSSR count). The number of nitrogens with zero attached hydrogens (tertiary/aromatic N) is 6. The summed E-state index contributed by atoms with van der Waals surface area (Å²) >= 11 is 0. The predicted octanol–water partition coefficient (Wildman–Crippen LogP) is 15.8. The van der Waals surface area contributed by atoms with Crippen LogP contribution >= 0.6 is 0 Å². The second-order valence-corrected chi connectivity index (χ2v) is 17.6. The summed E-state index contributed by atoms with van der Waals surface area (Å²) in [4.78, 5) is 16.4. The van der Waals surface area contributed by atoms with E-state index in [1.165, 1.54) is 10.8 Å². The number of para-hydroxylation sites is 5. The standard InChI is InChI=1S/C63H40N6/c1-4-19-41(20-5-1)43-35-37-44(38-36-43)61-64-62(46-24-18-23-45(39-46)42-21-6-2-7-22-42)66-63(65-61)69-55-34-17-13-30-51(55)59-57(68-52-31-14-10-27-48(52)49-28-11-15-32-53(49)68)40-56-58(60(59)69)50-29-12-16-33-54(50)67(56)47-25-8-3-9-26-47/h1-40H. The van der Waals surface area contributed by atoms with Crippen molar-refractivity contribution in [1.29, 1.82) is 0 Å². The molecule has 0 aliphatic heterocycles. The molecule has 0 saturated carbocycles. The SMILES string of the molecule is c1ccc(-c2ccc(-c3nc(-c4cccc(-c5ccccc5)c4)nc(-n4c5ccccc5c5c(-n6c7ccccc7c7ccccc76)cc6c(c7ccccc7n6-c6ccccc6)c54)n3)cc2)cc1. The van der Waals surface area contributed by atoms with Crippen molar-refractivity contribution >= 4 is 65.4 Å². The van der Waals surface area contributed by atoms with E-state index in [-0.39, 0.29) is 0 Å². The molecule has 0 unspecified atom stereocenters. The Morgan fingerprint density at radius 2 is 0.696 bits per heavy atom. The zero-order chi connectivity index (χ0) is 45.4. The number of benzene rings is 10. The van der Waals surface area contributed by atoms with Gasteiger partial charge >= 0.3 is 0 Å². The van der Waals surface area contributed by atoms with Crippen LogP contribution in [0.2, 0.25) is 0 Å². The zero-order valence-electron chi connectivity index (χ0n) is 37.3. The summed E-state index contributed by atoms with van der Waals surface area (Å²) in [5.41, 5.74) is 15.0. The van der Waals surface area contributed by atoms with Gasteiger partial charge < -0.3 is 9.13 Å². The third-order valence-corrected chi connectivity index (χ3v) is 13.7. The zero-order valence-corrected chi connectivity index (χ0v) is 37.3. The molecule has 0 amide bonds. The molecule has 14 aromatic rings. The first-order valence-corrected chi connectivity index (χ1v) is 23.4. The Balaban J connectivity index is 1.14. The van der Waals surface area contributed by atoms with Crippen molar-refractivity contribution in [3.05, 3.63) is 243 Å². The summed E-state index contributed by atoms with van der Waals surface area (Å²) in [6.07, 6.45) is 0. The van der Waals surface area contributed by atoms with E-state index in [1.807, 2.05) is 12.1 Å². The van der Waals surface area contributed by atoms with Crippen LogP contribution in [-0.4, -0.2) is 28.7 Å². The summed E-state index contributed by atoms with van der Waals surface area (Å²) < 4.78 is 7.18. The van der Waals surface area contributed by atoms with Gasteiger partial charge in [0.25, 0.3) is 0 Å². The van der Waals surface area contributed by atoms with Gasteiger partial charge in [-0.3, -0.25) is 4.57 Å². The molecule has 0 fully saturated rings. The second kappa shape index (κ2) is 15.6. The summed E-state index contributed by atoms with van der Waals surface area (Å²) in [7, 11) is 0. The summed E-state index contributed by atoms with van der Waals surface area (Å²) in [5.74, 6) is 1.72. The number of hydrogen-bond acceptors (Lipinski definition) is 3. The number of fused-ring (bicyclic) bond motifs is 10. The number of aromatic nitrogens is 6. The fourth-order valence-electron chi connectivity index (χ4n) is 10.6. The van der Waals surface area contributed by atoms with E-state index in [1.54, 1.807) is 0 Å². The van der Waals surface area contributed by atoms with E-state index in [2.05, 4.69) is 244 Å². The Labute approximate surface area is 397 Å². The Hall–Kier alpha value is -9.39. The summed E-state index contributed by atoms with van der Waals surface area (Å²) in [6, 6.07) is 86.2. The average Bonchev–Trinajstić information content (AvgIpc) is 4.07. The van der Waals surface area contributed by atoms with Gasteiger partial charge in [0.2, 0.25) is 5.95 Å². The molecule has 69 heavy (non-hydrogen) atoms. The average molecular weight is 881 g/mol. The van der Waals surface area contributed by atoms with Crippen LogP contribution in [0, 0.1) is 0 Å². The monoisotopic (exact) mass is 880 g/mol. The van der Waals surface area contributed by atoms with Gasteiger partial charge in [0.15, 0.2) is 11.6 Å². The van der Waals surface area contributed by atoms with E-state index >= 15 is 0 Å². The Morgan fingerprint density at radius 1 is 0.261 bits per heavy atom. The Morgan fingerprint density at radius 3 is 1.32 bits per heavy atom. The van der Waals surface area contributed by atoms with Crippen molar-refractivity contribution in [1.82, 2.24) is 28.7 Å². The van der Waals surface area contributed by atoms with Gasteiger partial charge in [-0.15, -0.1) is 0 Å². The highest BCUT2D eigenvalue weighted by Gasteiger charge is 2.27. The second-order valence-electron chi connectivity index (χ2n) is 17.6. The molecule has 0 N–H and O–H groups in total. The van der Waals surface area contributed by atoms with Crippen molar-refractivity contribution in [3.63, 3.8) is 0 Å². The quantitative estimate of drug-likeness (QED) is 0.160. The van der Waals surface area contributed by atoms with Gasteiger partial charge in [-0.1, -0.05) is 194 Å². The lowest BCUT2D eigenvalue weighted by atomic mass is 10.0. The molecule has 322 valence electrons. The third-order valence-electron chi connectivity index (χ3n) is 13.7. The van der Waals surface area contributed by atoms with Crippen molar-refractivity contribution in [3.8, 4) is 62.4 Å². The topological polar surface area (TPSA) is 53.5 Å². The molecule has 0 spiro atoms. The van der Waals surface area contributed by atoms with Crippen LogP contribution in [-0.2, 0) is 0 Å². The van der Waals surface area contributed by atoms with Crippen LogP contribution in [0.25, 0.3) is 128 Å². The minimum atomic E-state index is 0.538. The van der Waals surface area contributed by atoms with Crippen LogP contribution in [0.15, 0.2) is 243 Å². The largest absolute Gasteiger partial charge is 0.309 e. The molecule has 0 atom stereocenters. The van der Waals surface area contributed by atoms with Gasteiger partial charge in [0.05, 0.1) is 38.8 Å². The maximum absolute atomic E-state index is 5.54. The third kappa shape index (κ3) is 6.16. The molecule has 6 nitrogen and oxygen atoms in total. The lowest BCUT2D eigenvalue weighted by molar-refractivity contribution is 0.955. The summed E-state index contributed by atoms with van der Waals surface area (Å²) in [5, 5.41) is 6.88. The van der Waals surface area contributed by atoms with Gasteiger partial charge in [-0.25, -0.2) is 4.98 Å². The first-order valence-electron chi connectivity index (χ1n) is 23.4. The highest BCUT2D eigenvalue weighted by Crippen LogP contribution is 2.46. The summed E-state index contributed by atoms with van der Waals surface area (Å²) in [6.45, 7) is 0. The van der Waals surface area contributed by atoms with Crippen molar-refractivity contribution in [2.45, 2.75) is 0 Å². The minimum Gasteiger partial charge on any atom is -0.309 e. The van der Waals surface area contributed by atoms with Gasteiger partial charge in [-0.05, 0) is 70.8 Å². The minimum absolute atomic E-state index is 0.538. The van der Waals surface area contributed by atoms with Gasteiger partial charge in [0.1, 0.15) is 0 Å². The van der Waals surface area contributed by atoms with Crippen molar-refractivity contribution < 1.29 is 0 Å². The molecule has 0 aliphatic carbocycles. The lowest BCUT2D eigenvalue weighted by Gasteiger charge is -2.15. The molecule has 0 radical (unpaired) electrons. The van der Waals surface area contributed by atoms with Crippen LogP contribution in [0.1, 0.15) is 0 Å². The van der Waals surface area contributed by atoms with Crippen LogP contribution in [0.5, 0.6) is 0 Å². The number of hydrogen-bond donors (Lipinski definition) is 0. The van der Waals surface area contributed by atoms with Crippen LogP contribution in [0.3, 0.4) is 0 Å².